The molecule has 0 bridgehead atoms. The minimum atomic E-state index is -0.631. The first kappa shape index (κ1) is 23.6. The van der Waals surface area contributed by atoms with Crippen LogP contribution in [0.4, 0.5) is 19.7 Å². The summed E-state index contributed by atoms with van der Waals surface area (Å²) in [5, 5.41) is 12.0. The molecule has 1 aliphatic rings. The molecule has 0 saturated carbocycles. The summed E-state index contributed by atoms with van der Waals surface area (Å²) in [5.74, 6) is -0.527. The molecule has 9 nitrogen and oxygen atoms in total. The first-order chi connectivity index (χ1) is 16.2. The maximum atomic E-state index is 14.9. The van der Waals surface area contributed by atoms with Crippen molar-refractivity contribution in [2.24, 2.45) is 0 Å². The zero-order valence-electron chi connectivity index (χ0n) is 18.9. The molecule has 3 aromatic rings. The van der Waals surface area contributed by atoms with Gasteiger partial charge in [-0.2, -0.15) is 0 Å². The van der Waals surface area contributed by atoms with E-state index in [-0.39, 0.29) is 13.1 Å². The zero-order chi connectivity index (χ0) is 24.3. The summed E-state index contributed by atoms with van der Waals surface area (Å²) < 4.78 is 25.4. The van der Waals surface area contributed by atoms with E-state index in [0.717, 1.165) is 10.7 Å². The van der Waals surface area contributed by atoms with Crippen LogP contribution in [0.1, 0.15) is 31.5 Å². The fourth-order valence-corrected chi connectivity index (χ4v) is 4.17. The van der Waals surface area contributed by atoms with Crippen molar-refractivity contribution in [2.75, 3.05) is 18.0 Å². The predicted molar refractivity (Wildman–Crippen MR) is 124 cm³/mol. The molecule has 178 valence electrons. The average Bonchev–Trinajstić information content (AvgIpc) is 3.38. The Morgan fingerprint density at radius 2 is 2.12 bits per heavy atom. The molecule has 2 amide bonds. The second-order valence-corrected chi connectivity index (χ2v) is 9.72. The maximum Gasteiger partial charge on any atom is 0.414 e. The molecule has 0 aliphatic carbocycles. The van der Waals surface area contributed by atoms with E-state index in [4.69, 9.17) is 9.47 Å². The molecule has 1 aliphatic heterocycles. The van der Waals surface area contributed by atoms with Crippen LogP contribution in [0, 0.1) is 5.82 Å². The number of ether oxygens (including phenoxy) is 2. The molecule has 4 rings (SSSR count). The van der Waals surface area contributed by atoms with Crippen molar-refractivity contribution < 1.29 is 23.5 Å². The molecule has 1 atom stereocenters. The van der Waals surface area contributed by atoms with Gasteiger partial charge in [-0.15, -0.1) is 10.2 Å². The van der Waals surface area contributed by atoms with E-state index in [0.29, 0.717) is 22.7 Å². The molecular formula is C23H24FN5O4S. The van der Waals surface area contributed by atoms with Crippen LogP contribution < -0.4 is 10.2 Å². The highest BCUT2D eigenvalue weighted by molar-refractivity contribution is 7.14. The molecule has 1 aromatic carbocycles. The van der Waals surface area contributed by atoms with Crippen LogP contribution in [-0.4, -0.2) is 52.2 Å². The second-order valence-electron chi connectivity index (χ2n) is 8.66. The fourth-order valence-electron chi connectivity index (χ4n) is 3.29. The normalized spacial score (nSPS) is 15.8. The highest BCUT2D eigenvalue weighted by Gasteiger charge is 2.33. The summed E-state index contributed by atoms with van der Waals surface area (Å²) in [6, 6.07) is 10.1. The van der Waals surface area contributed by atoms with E-state index in [1.165, 1.54) is 22.3 Å². The SMILES string of the molecule is CC(C)(C)OC(=O)NCC1CN(c2ccc(-c3nnc(Cc4ccccn4)s3)c(F)c2)C(=O)O1. The summed E-state index contributed by atoms with van der Waals surface area (Å²) in [6.45, 7) is 5.52. The van der Waals surface area contributed by atoms with Crippen molar-refractivity contribution in [3.8, 4) is 10.6 Å². The zero-order valence-corrected chi connectivity index (χ0v) is 19.8. The van der Waals surface area contributed by atoms with Crippen LogP contribution >= 0.6 is 11.3 Å². The lowest BCUT2D eigenvalue weighted by Gasteiger charge is -2.20. The Kier molecular flexibility index (Phi) is 6.73. The largest absolute Gasteiger partial charge is 0.444 e. The number of amides is 2. The first-order valence-corrected chi connectivity index (χ1v) is 11.5. The predicted octanol–water partition coefficient (Wildman–Crippen LogP) is 4.18. The van der Waals surface area contributed by atoms with Gasteiger partial charge in [0.05, 0.1) is 18.8 Å². The topological polar surface area (TPSA) is 107 Å². The van der Waals surface area contributed by atoms with Crippen LogP contribution in [0.15, 0.2) is 42.6 Å². The number of cyclic esters (lactones) is 1. The summed E-state index contributed by atoms with van der Waals surface area (Å²) in [7, 11) is 0. The number of aromatic nitrogens is 3. The van der Waals surface area contributed by atoms with Gasteiger partial charge in [0.15, 0.2) is 5.01 Å². The Balaban J connectivity index is 1.39. The van der Waals surface area contributed by atoms with Crippen molar-refractivity contribution in [3.05, 3.63) is 59.1 Å². The summed E-state index contributed by atoms with van der Waals surface area (Å²) >= 11 is 1.29. The second kappa shape index (κ2) is 9.72. The third-order valence-corrected chi connectivity index (χ3v) is 5.72. The summed E-state index contributed by atoms with van der Waals surface area (Å²) in [6.07, 6.45) is 0.418. The molecule has 2 aromatic heterocycles. The van der Waals surface area contributed by atoms with Crippen LogP contribution in [0.5, 0.6) is 0 Å². The number of nitrogens with zero attached hydrogens (tertiary/aromatic N) is 4. The molecule has 0 radical (unpaired) electrons. The van der Waals surface area contributed by atoms with E-state index in [1.54, 1.807) is 39.1 Å². The number of hydrogen-bond acceptors (Lipinski definition) is 8. The number of carbonyl (C=O) groups is 2. The van der Waals surface area contributed by atoms with Gasteiger partial charge in [0.25, 0.3) is 0 Å². The first-order valence-electron chi connectivity index (χ1n) is 10.6. The van der Waals surface area contributed by atoms with Gasteiger partial charge >= 0.3 is 12.2 Å². The number of pyridine rings is 1. The third-order valence-electron chi connectivity index (χ3n) is 4.77. The van der Waals surface area contributed by atoms with E-state index in [2.05, 4.69) is 20.5 Å². The lowest BCUT2D eigenvalue weighted by Crippen LogP contribution is -2.38. The van der Waals surface area contributed by atoms with Gasteiger partial charge in [-0.3, -0.25) is 9.88 Å². The van der Waals surface area contributed by atoms with Gasteiger partial charge in [-0.1, -0.05) is 17.4 Å². The molecular weight excluding hydrogens is 461 g/mol. The Labute approximate surface area is 199 Å². The average molecular weight is 486 g/mol. The molecule has 34 heavy (non-hydrogen) atoms. The van der Waals surface area contributed by atoms with Crippen molar-refractivity contribution in [2.45, 2.75) is 38.9 Å². The number of rotatable bonds is 6. The van der Waals surface area contributed by atoms with E-state index in [1.807, 2.05) is 18.2 Å². The number of carbonyl (C=O) groups excluding carboxylic acids is 2. The highest BCUT2D eigenvalue weighted by atomic mass is 32.1. The quantitative estimate of drug-likeness (QED) is 0.558. The van der Waals surface area contributed by atoms with Crippen molar-refractivity contribution in [1.82, 2.24) is 20.5 Å². The Bertz CT molecular complexity index is 1180. The summed E-state index contributed by atoms with van der Waals surface area (Å²) in [4.78, 5) is 29.7. The third kappa shape index (κ3) is 5.84. The molecule has 1 fully saturated rings. The summed E-state index contributed by atoms with van der Waals surface area (Å²) in [5.41, 5.74) is 0.867. The number of anilines is 1. The van der Waals surface area contributed by atoms with Crippen LogP contribution in [0.3, 0.4) is 0 Å². The molecule has 11 heteroatoms. The number of alkyl carbamates (subject to hydrolysis) is 1. The highest BCUT2D eigenvalue weighted by Crippen LogP contribution is 2.31. The monoisotopic (exact) mass is 485 g/mol. The van der Waals surface area contributed by atoms with Crippen LogP contribution in [0.25, 0.3) is 10.6 Å². The molecule has 0 spiro atoms. The fraction of sp³-hybridized carbons (Fsp3) is 0.348. The van der Waals surface area contributed by atoms with Gasteiger partial charge in [0.2, 0.25) is 0 Å². The van der Waals surface area contributed by atoms with Gasteiger partial charge in [0, 0.05) is 23.9 Å². The Morgan fingerprint density at radius 1 is 1.29 bits per heavy atom. The van der Waals surface area contributed by atoms with Crippen LogP contribution in [-0.2, 0) is 15.9 Å². The minimum absolute atomic E-state index is 0.0849. The number of nitrogens with one attached hydrogen (secondary N) is 1. The van der Waals surface area contributed by atoms with Crippen LogP contribution in [0.2, 0.25) is 0 Å². The molecule has 3 heterocycles. The van der Waals surface area contributed by atoms with Crippen molar-refractivity contribution >= 4 is 29.2 Å². The van der Waals surface area contributed by atoms with Crippen molar-refractivity contribution in [1.29, 1.82) is 0 Å². The molecule has 1 N–H and O–H groups in total. The Hall–Kier alpha value is -3.60. The van der Waals surface area contributed by atoms with Gasteiger partial charge in [-0.25, -0.2) is 14.0 Å². The smallest absolute Gasteiger partial charge is 0.414 e. The molecule has 1 saturated heterocycles. The maximum absolute atomic E-state index is 14.9. The Morgan fingerprint density at radius 3 is 2.82 bits per heavy atom. The molecule has 1 unspecified atom stereocenters. The lowest BCUT2D eigenvalue weighted by atomic mass is 10.2. The minimum Gasteiger partial charge on any atom is -0.444 e. The lowest BCUT2D eigenvalue weighted by molar-refractivity contribution is 0.0496. The van der Waals surface area contributed by atoms with E-state index >= 15 is 0 Å². The number of hydrogen-bond donors (Lipinski definition) is 1. The number of benzene rings is 1. The van der Waals surface area contributed by atoms with Gasteiger partial charge in [0.1, 0.15) is 22.5 Å². The standard InChI is InChI=1S/C23H24FN5O4S/c1-23(2,3)33-21(30)26-12-16-13-29(22(31)32-16)15-7-8-17(18(24)11-15)20-28-27-19(34-20)10-14-6-4-5-9-25-14/h4-9,11,16H,10,12-13H2,1-3H3,(H,26,30). The van der Waals surface area contributed by atoms with E-state index in [9.17, 15) is 14.0 Å². The van der Waals surface area contributed by atoms with Gasteiger partial charge < -0.3 is 14.8 Å². The van der Waals surface area contributed by atoms with Crippen molar-refractivity contribution in [3.63, 3.8) is 0 Å². The van der Waals surface area contributed by atoms with E-state index < -0.39 is 29.7 Å². The van der Waals surface area contributed by atoms with Gasteiger partial charge in [-0.05, 0) is 51.1 Å². The number of halogens is 1.